The normalized spacial score (nSPS) is 14.8. The van der Waals surface area contributed by atoms with Crippen LogP contribution in [0.1, 0.15) is 52.0 Å². The summed E-state index contributed by atoms with van der Waals surface area (Å²) in [6.45, 7) is 10.1. The second kappa shape index (κ2) is 7.96. The maximum Gasteiger partial charge on any atom is 0.0178 e. The van der Waals surface area contributed by atoms with Gasteiger partial charge >= 0.3 is 0 Å². The molecule has 1 aromatic rings. The molecular formula is C16H26BrN. The van der Waals surface area contributed by atoms with Crippen molar-refractivity contribution in [1.29, 1.82) is 0 Å². The molecule has 102 valence electrons. The van der Waals surface area contributed by atoms with Crippen LogP contribution in [-0.4, -0.2) is 12.6 Å². The zero-order valence-corrected chi connectivity index (χ0v) is 13.6. The van der Waals surface area contributed by atoms with Gasteiger partial charge in [0.2, 0.25) is 0 Å². The highest BCUT2D eigenvalue weighted by Crippen LogP contribution is 2.29. The van der Waals surface area contributed by atoms with E-state index in [9.17, 15) is 0 Å². The number of rotatable bonds is 7. The van der Waals surface area contributed by atoms with Crippen molar-refractivity contribution in [3.8, 4) is 0 Å². The van der Waals surface area contributed by atoms with Gasteiger partial charge in [0.1, 0.15) is 0 Å². The van der Waals surface area contributed by atoms with Gasteiger partial charge in [-0.15, -0.1) is 0 Å². The van der Waals surface area contributed by atoms with E-state index in [1.807, 2.05) is 0 Å². The van der Waals surface area contributed by atoms with Gasteiger partial charge in [0.05, 0.1) is 0 Å². The van der Waals surface area contributed by atoms with Crippen LogP contribution in [0.25, 0.3) is 0 Å². The number of nitrogens with one attached hydrogen (secondary N) is 1. The second-order valence-electron chi connectivity index (χ2n) is 5.49. The lowest BCUT2D eigenvalue weighted by Crippen LogP contribution is -2.30. The first-order valence-corrected chi connectivity index (χ1v) is 7.82. The molecule has 18 heavy (non-hydrogen) atoms. The zero-order valence-electron chi connectivity index (χ0n) is 12.0. The first kappa shape index (κ1) is 15.7. The fourth-order valence-electron chi connectivity index (χ4n) is 2.40. The molecule has 0 radical (unpaired) electrons. The minimum absolute atomic E-state index is 0.550. The van der Waals surface area contributed by atoms with Gasteiger partial charge < -0.3 is 5.32 Å². The molecule has 1 nitrogen and oxygen atoms in total. The largest absolute Gasteiger partial charge is 0.314 e. The zero-order chi connectivity index (χ0) is 13.5. The first-order valence-electron chi connectivity index (χ1n) is 7.03. The van der Waals surface area contributed by atoms with Crippen molar-refractivity contribution in [3.63, 3.8) is 0 Å². The van der Waals surface area contributed by atoms with Gasteiger partial charge in [-0.1, -0.05) is 68.6 Å². The summed E-state index contributed by atoms with van der Waals surface area (Å²) in [6.07, 6.45) is 2.55. The molecule has 0 saturated heterocycles. The van der Waals surface area contributed by atoms with Crippen LogP contribution in [0.15, 0.2) is 28.7 Å². The molecule has 1 rings (SSSR count). The van der Waals surface area contributed by atoms with Gasteiger partial charge in [0, 0.05) is 17.1 Å². The van der Waals surface area contributed by atoms with Crippen LogP contribution in [0.4, 0.5) is 0 Å². The number of hydrogen-bond acceptors (Lipinski definition) is 1. The summed E-state index contributed by atoms with van der Waals surface area (Å²) < 4.78 is 1.18. The Bertz CT molecular complexity index is 349. The van der Waals surface area contributed by atoms with E-state index in [2.05, 4.69) is 73.2 Å². The molecule has 2 atom stereocenters. The van der Waals surface area contributed by atoms with Crippen molar-refractivity contribution >= 4 is 15.9 Å². The lowest BCUT2D eigenvalue weighted by atomic mass is 9.84. The predicted molar refractivity (Wildman–Crippen MR) is 84.1 cm³/mol. The minimum Gasteiger partial charge on any atom is -0.314 e. The number of halogens is 1. The average Bonchev–Trinajstić information content (AvgIpc) is 2.29. The molecule has 0 heterocycles. The number of hydrogen-bond donors (Lipinski definition) is 1. The fraction of sp³-hybridized carbons (Fsp3) is 0.625. The van der Waals surface area contributed by atoms with Gasteiger partial charge in [-0.2, -0.15) is 0 Å². The van der Waals surface area contributed by atoms with Crippen LogP contribution in [-0.2, 0) is 0 Å². The van der Waals surface area contributed by atoms with Crippen molar-refractivity contribution in [2.75, 3.05) is 6.54 Å². The highest BCUT2D eigenvalue weighted by atomic mass is 79.9. The predicted octanol–water partition coefficient (Wildman–Crippen LogP) is 4.97. The smallest absolute Gasteiger partial charge is 0.0178 e. The van der Waals surface area contributed by atoms with Crippen LogP contribution >= 0.6 is 15.9 Å². The second-order valence-corrected chi connectivity index (χ2v) is 6.41. The Labute approximate surface area is 120 Å². The third-order valence-corrected chi connectivity index (χ3v) is 3.95. The number of benzene rings is 1. The molecule has 2 heteroatoms. The van der Waals surface area contributed by atoms with Crippen molar-refractivity contribution < 1.29 is 0 Å². The van der Waals surface area contributed by atoms with Gasteiger partial charge in [0.25, 0.3) is 0 Å². The molecule has 0 spiro atoms. The summed E-state index contributed by atoms with van der Waals surface area (Å²) >= 11 is 3.58. The molecule has 0 aromatic heterocycles. The summed E-state index contributed by atoms with van der Waals surface area (Å²) in [5, 5.41) is 3.59. The van der Waals surface area contributed by atoms with Gasteiger partial charge in [0.15, 0.2) is 0 Å². The lowest BCUT2D eigenvalue weighted by molar-refractivity contribution is 0.392. The highest BCUT2D eigenvalue weighted by Gasteiger charge is 2.19. The van der Waals surface area contributed by atoms with Gasteiger partial charge in [-0.3, -0.25) is 0 Å². The maximum atomic E-state index is 3.59. The Balaban J connectivity index is 2.81. The van der Waals surface area contributed by atoms with Crippen molar-refractivity contribution in [3.05, 3.63) is 34.3 Å². The Hall–Kier alpha value is -0.340. The Morgan fingerprint density at radius 2 is 1.94 bits per heavy atom. The maximum absolute atomic E-state index is 3.59. The minimum atomic E-state index is 0.550. The van der Waals surface area contributed by atoms with E-state index in [1.165, 1.54) is 22.9 Å². The van der Waals surface area contributed by atoms with E-state index in [1.54, 1.807) is 0 Å². The molecule has 0 aliphatic carbocycles. The average molecular weight is 312 g/mol. The van der Waals surface area contributed by atoms with E-state index in [-0.39, 0.29) is 0 Å². The quantitative estimate of drug-likeness (QED) is 0.750. The molecule has 1 aromatic carbocycles. The molecule has 0 fully saturated rings. The molecule has 1 N–H and O–H groups in total. The molecule has 2 unspecified atom stereocenters. The van der Waals surface area contributed by atoms with Crippen LogP contribution in [0, 0.1) is 5.92 Å². The van der Waals surface area contributed by atoms with Crippen molar-refractivity contribution in [1.82, 2.24) is 5.32 Å². The summed E-state index contributed by atoms with van der Waals surface area (Å²) in [4.78, 5) is 0. The molecule has 0 bridgehead atoms. The van der Waals surface area contributed by atoms with Gasteiger partial charge in [-0.05, 0) is 29.5 Å². The van der Waals surface area contributed by atoms with E-state index < -0.39 is 0 Å². The van der Waals surface area contributed by atoms with E-state index >= 15 is 0 Å². The van der Waals surface area contributed by atoms with E-state index in [0.29, 0.717) is 12.0 Å². The van der Waals surface area contributed by atoms with Crippen LogP contribution < -0.4 is 5.32 Å². The SMILES string of the molecule is CCCC(C)C(CNC(C)C)c1cccc(Br)c1. The standard InChI is InChI=1S/C16H26BrN/c1-5-7-13(4)16(11-18-12(2)3)14-8-6-9-15(17)10-14/h6,8-10,12-13,16,18H,5,7,11H2,1-4H3. The summed E-state index contributed by atoms with van der Waals surface area (Å²) in [5.41, 5.74) is 1.44. The molecular weight excluding hydrogens is 286 g/mol. The highest BCUT2D eigenvalue weighted by molar-refractivity contribution is 9.10. The monoisotopic (exact) mass is 311 g/mol. The summed E-state index contributed by atoms with van der Waals surface area (Å²) in [7, 11) is 0. The lowest BCUT2D eigenvalue weighted by Gasteiger charge is -2.26. The molecule has 0 aliphatic rings. The van der Waals surface area contributed by atoms with Crippen LogP contribution in [0.3, 0.4) is 0 Å². The Morgan fingerprint density at radius 3 is 2.50 bits per heavy atom. The van der Waals surface area contributed by atoms with Gasteiger partial charge in [-0.25, -0.2) is 0 Å². The van der Waals surface area contributed by atoms with Crippen LogP contribution in [0.5, 0.6) is 0 Å². The Kier molecular flexibility index (Phi) is 6.95. The Morgan fingerprint density at radius 1 is 1.22 bits per heavy atom. The molecule has 0 saturated carbocycles. The summed E-state index contributed by atoms with van der Waals surface area (Å²) in [5.74, 6) is 1.32. The van der Waals surface area contributed by atoms with Crippen molar-refractivity contribution in [2.24, 2.45) is 5.92 Å². The molecule has 0 amide bonds. The third kappa shape index (κ3) is 5.11. The summed E-state index contributed by atoms with van der Waals surface area (Å²) in [6, 6.07) is 9.30. The molecule has 0 aliphatic heterocycles. The van der Waals surface area contributed by atoms with Crippen LogP contribution in [0.2, 0.25) is 0 Å². The topological polar surface area (TPSA) is 12.0 Å². The fourth-order valence-corrected chi connectivity index (χ4v) is 2.82. The third-order valence-electron chi connectivity index (χ3n) is 3.45. The van der Waals surface area contributed by atoms with E-state index in [4.69, 9.17) is 0 Å². The van der Waals surface area contributed by atoms with Crippen molar-refractivity contribution in [2.45, 2.75) is 52.5 Å². The first-order chi connectivity index (χ1) is 8.54. The van der Waals surface area contributed by atoms with E-state index in [0.717, 1.165) is 12.5 Å².